The normalized spacial score (nSPS) is 11.1. The first-order valence-corrected chi connectivity index (χ1v) is 9.47. The molecule has 4 rings (SSSR count). The molecular formula is C22H20ClN3O3. The average molecular weight is 410 g/mol. The van der Waals surface area contributed by atoms with Crippen LogP contribution in [-0.4, -0.2) is 21.2 Å². The van der Waals surface area contributed by atoms with Gasteiger partial charge in [0.2, 0.25) is 0 Å². The number of aryl methyl sites for hydroxylation is 1. The van der Waals surface area contributed by atoms with E-state index < -0.39 is 0 Å². The summed E-state index contributed by atoms with van der Waals surface area (Å²) in [7, 11) is 3.57. The molecule has 0 saturated heterocycles. The van der Waals surface area contributed by atoms with Gasteiger partial charge in [-0.2, -0.15) is 0 Å². The summed E-state index contributed by atoms with van der Waals surface area (Å²) in [4.78, 5) is 17.2. The molecule has 0 fully saturated rings. The van der Waals surface area contributed by atoms with Gasteiger partial charge in [-0.3, -0.25) is 9.36 Å². The molecule has 0 N–H and O–H groups in total. The molecule has 29 heavy (non-hydrogen) atoms. The third-order valence-corrected chi connectivity index (χ3v) is 4.97. The molecule has 0 aliphatic carbocycles. The maximum absolute atomic E-state index is 12.6. The summed E-state index contributed by atoms with van der Waals surface area (Å²) < 4.78 is 14.5. The van der Waals surface area contributed by atoms with Crippen LogP contribution in [0.1, 0.15) is 11.4 Å². The number of pyridine rings is 1. The van der Waals surface area contributed by atoms with Gasteiger partial charge in [0, 0.05) is 31.4 Å². The van der Waals surface area contributed by atoms with Crippen LogP contribution in [0, 0.1) is 0 Å². The van der Waals surface area contributed by atoms with Crippen molar-refractivity contribution in [1.82, 2.24) is 14.1 Å². The molecule has 0 saturated carbocycles. The van der Waals surface area contributed by atoms with Crippen molar-refractivity contribution < 1.29 is 9.47 Å². The quantitative estimate of drug-likeness (QED) is 0.481. The van der Waals surface area contributed by atoms with Gasteiger partial charge >= 0.3 is 0 Å². The average Bonchev–Trinajstić information content (AvgIpc) is 3.03. The van der Waals surface area contributed by atoms with Gasteiger partial charge in [0.15, 0.2) is 0 Å². The van der Waals surface area contributed by atoms with E-state index in [1.54, 1.807) is 23.9 Å². The number of aromatic nitrogens is 3. The topological polar surface area (TPSA) is 58.3 Å². The van der Waals surface area contributed by atoms with Crippen LogP contribution in [0.4, 0.5) is 0 Å². The van der Waals surface area contributed by atoms with Crippen molar-refractivity contribution in [3.05, 3.63) is 87.6 Å². The third-order valence-electron chi connectivity index (χ3n) is 4.72. The van der Waals surface area contributed by atoms with Gasteiger partial charge in [-0.15, -0.1) is 0 Å². The second-order valence-electron chi connectivity index (χ2n) is 6.68. The van der Waals surface area contributed by atoms with Crippen LogP contribution < -0.4 is 10.3 Å². The van der Waals surface area contributed by atoms with Crippen molar-refractivity contribution in [2.45, 2.75) is 13.2 Å². The molecular weight excluding hydrogens is 390 g/mol. The second kappa shape index (κ2) is 8.11. The number of benzene rings is 2. The molecule has 7 heteroatoms. The fraction of sp³-hybridized carbons (Fsp3) is 0.182. The van der Waals surface area contributed by atoms with Crippen LogP contribution in [0.15, 0.2) is 65.6 Å². The van der Waals surface area contributed by atoms with Crippen LogP contribution >= 0.6 is 11.6 Å². The summed E-state index contributed by atoms with van der Waals surface area (Å²) in [6.45, 7) is 0.796. The first kappa shape index (κ1) is 19.2. The zero-order valence-corrected chi connectivity index (χ0v) is 16.9. The Morgan fingerprint density at radius 2 is 1.83 bits per heavy atom. The zero-order valence-electron chi connectivity index (χ0n) is 16.1. The zero-order chi connectivity index (χ0) is 20.4. The smallest absolute Gasteiger partial charge is 0.258 e. The van der Waals surface area contributed by atoms with Gasteiger partial charge in [-0.05, 0) is 42.0 Å². The van der Waals surface area contributed by atoms with E-state index in [-0.39, 0.29) is 5.56 Å². The molecule has 0 amide bonds. The minimum atomic E-state index is -0.169. The molecule has 0 radical (unpaired) electrons. The standard InChI is InChI=1S/C22H20ClN3O3/c1-25-20-11-17(7-8-19(20)24-21(25)14-28-2)26-10-9-18(12-22(26)27)29-13-15-3-5-16(23)6-4-15/h3-12H,13-14H2,1-2H3. The number of rotatable bonds is 6. The van der Waals surface area contributed by atoms with Gasteiger partial charge in [0.25, 0.3) is 5.56 Å². The van der Waals surface area contributed by atoms with E-state index in [4.69, 9.17) is 21.1 Å². The number of hydrogen-bond donors (Lipinski definition) is 0. The molecule has 0 unspecified atom stereocenters. The van der Waals surface area contributed by atoms with Crippen molar-refractivity contribution >= 4 is 22.6 Å². The van der Waals surface area contributed by atoms with Gasteiger partial charge in [-0.25, -0.2) is 4.98 Å². The molecule has 0 bridgehead atoms. The van der Waals surface area contributed by atoms with Crippen LogP contribution in [0.5, 0.6) is 5.75 Å². The van der Waals surface area contributed by atoms with Gasteiger partial charge < -0.3 is 14.0 Å². The maximum Gasteiger partial charge on any atom is 0.258 e. The Labute approximate surface area is 172 Å². The fourth-order valence-corrected chi connectivity index (χ4v) is 3.27. The number of hydrogen-bond acceptors (Lipinski definition) is 4. The van der Waals surface area contributed by atoms with Crippen LogP contribution in [0.2, 0.25) is 5.02 Å². The lowest BCUT2D eigenvalue weighted by molar-refractivity contribution is 0.176. The van der Waals surface area contributed by atoms with E-state index in [1.807, 2.05) is 54.1 Å². The molecule has 4 aromatic rings. The highest BCUT2D eigenvalue weighted by molar-refractivity contribution is 6.30. The predicted octanol–water partition coefficient (Wildman–Crippen LogP) is 4.10. The Balaban J connectivity index is 1.58. The van der Waals surface area contributed by atoms with Gasteiger partial charge in [-0.1, -0.05) is 23.7 Å². The SMILES string of the molecule is COCc1nc2ccc(-n3ccc(OCc4ccc(Cl)cc4)cc3=O)cc2n1C. The highest BCUT2D eigenvalue weighted by atomic mass is 35.5. The maximum atomic E-state index is 12.6. The molecule has 148 valence electrons. The Bertz CT molecular complexity index is 1210. The number of methoxy groups -OCH3 is 1. The summed E-state index contributed by atoms with van der Waals surface area (Å²) in [5.41, 5.74) is 3.37. The largest absolute Gasteiger partial charge is 0.489 e. The summed E-state index contributed by atoms with van der Waals surface area (Å²) in [5, 5.41) is 0.677. The van der Waals surface area contributed by atoms with Crippen LogP contribution in [0.25, 0.3) is 16.7 Å². The van der Waals surface area contributed by atoms with E-state index >= 15 is 0 Å². The molecule has 2 aromatic heterocycles. The first-order chi connectivity index (χ1) is 14.0. The molecule has 2 heterocycles. The summed E-state index contributed by atoms with van der Waals surface area (Å²) >= 11 is 5.89. The van der Waals surface area contributed by atoms with Crippen LogP contribution in [0.3, 0.4) is 0 Å². The highest BCUT2D eigenvalue weighted by Gasteiger charge is 2.10. The van der Waals surface area contributed by atoms with Gasteiger partial charge in [0.1, 0.15) is 24.8 Å². The molecule has 0 spiro atoms. The number of ether oxygens (including phenoxy) is 2. The predicted molar refractivity (Wildman–Crippen MR) is 113 cm³/mol. The Kier molecular flexibility index (Phi) is 5.38. The van der Waals surface area contributed by atoms with Gasteiger partial charge in [0.05, 0.1) is 16.7 Å². The Morgan fingerprint density at radius 1 is 1.03 bits per heavy atom. The van der Waals surface area contributed by atoms with E-state index in [0.717, 1.165) is 28.1 Å². The van der Waals surface area contributed by atoms with Crippen molar-refractivity contribution in [1.29, 1.82) is 0 Å². The molecule has 0 aliphatic heterocycles. The number of imidazole rings is 1. The lowest BCUT2D eigenvalue weighted by Gasteiger charge is -2.10. The third kappa shape index (κ3) is 4.04. The van der Waals surface area contributed by atoms with Crippen LogP contribution in [-0.2, 0) is 25.0 Å². The second-order valence-corrected chi connectivity index (χ2v) is 7.12. The highest BCUT2D eigenvalue weighted by Crippen LogP contribution is 2.20. The van der Waals surface area contributed by atoms with E-state index in [1.165, 1.54) is 6.07 Å². The fourth-order valence-electron chi connectivity index (χ4n) is 3.15. The minimum Gasteiger partial charge on any atom is -0.489 e. The van der Waals surface area contributed by atoms with E-state index in [0.29, 0.717) is 24.0 Å². The number of halogens is 1. The molecule has 0 aliphatic rings. The van der Waals surface area contributed by atoms with Crippen molar-refractivity contribution in [3.8, 4) is 11.4 Å². The first-order valence-electron chi connectivity index (χ1n) is 9.10. The Morgan fingerprint density at radius 3 is 2.55 bits per heavy atom. The summed E-state index contributed by atoms with van der Waals surface area (Å²) in [6, 6.07) is 16.4. The minimum absolute atomic E-state index is 0.169. The summed E-state index contributed by atoms with van der Waals surface area (Å²) in [5.74, 6) is 1.35. The number of nitrogens with zero attached hydrogens (tertiary/aromatic N) is 3. The molecule has 6 nitrogen and oxygen atoms in total. The van der Waals surface area contributed by atoms with Crippen molar-refractivity contribution in [2.75, 3.05) is 7.11 Å². The summed E-state index contributed by atoms with van der Waals surface area (Å²) in [6.07, 6.45) is 1.72. The van der Waals surface area contributed by atoms with E-state index in [9.17, 15) is 4.79 Å². The van der Waals surface area contributed by atoms with Crippen molar-refractivity contribution in [2.24, 2.45) is 7.05 Å². The lowest BCUT2D eigenvalue weighted by atomic mass is 10.2. The monoisotopic (exact) mass is 409 g/mol. The lowest BCUT2D eigenvalue weighted by Crippen LogP contribution is -2.16. The van der Waals surface area contributed by atoms with Crippen molar-refractivity contribution in [3.63, 3.8) is 0 Å². The molecule has 2 aromatic carbocycles. The number of fused-ring (bicyclic) bond motifs is 1. The Hall–Kier alpha value is -3.09. The van der Waals surface area contributed by atoms with E-state index in [2.05, 4.69) is 4.98 Å². The molecule has 0 atom stereocenters.